The van der Waals surface area contributed by atoms with E-state index >= 15 is 0 Å². The zero-order valence-corrected chi connectivity index (χ0v) is 11.0. The van der Waals surface area contributed by atoms with Crippen LogP contribution in [0.5, 0.6) is 0 Å². The van der Waals surface area contributed by atoms with Crippen molar-refractivity contribution in [3.05, 3.63) is 29.8 Å². The quantitative estimate of drug-likeness (QED) is 0.846. The van der Waals surface area contributed by atoms with Crippen molar-refractivity contribution in [1.29, 1.82) is 0 Å². The minimum absolute atomic E-state index is 0.0203. The molecule has 1 heterocycles. The van der Waals surface area contributed by atoms with Crippen LogP contribution in [0.4, 0.5) is 5.69 Å². The molecule has 0 atom stereocenters. The predicted molar refractivity (Wildman–Crippen MR) is 70.0 cm³/mol. The van der Waals surface area contributed by atoms with E-state index in [1.807, 2.05) is 24.3 Å². The molecule has 2 rings (SSSR count). The smallest absolute Gasteiger partial charge is 0.231 e. The summed E-state index contributed by atoms with van der Waals surface area (Å²) in [6, 6.07) is 7.58. The van der Waals surface area contributed by atoms with Crippen molar-refractivity contribution in [1.82, 2.24) is 4.72 Å². The van der Waals surface area contributed by atoms with Crippen LogP contribution in [0.2, 0.25) is 0 Å². The van der Waals surface area contributed by atoms with E-state index in [2.05, 4.69) is 4.72 Å². The molecule has 0 bridgehead atoms. The second kappa shape index (κ2) is 5.07. The first kappa shape index (κ1) is 13.0. The summed E-state index contributed by atoms with van der Waals surface area (Å²) in [5, 5.41) is 0. The highest BCUT2D eigenvalue weighted by Crippen LogP contribution is 2.27. The highest BCUT2D eigenvalue weighted by Gasteiger charge is 2.26. The van der Waals surface area contributed by atoms with Gasteiger partial charge in [-0.1, -0.05) is 18.2 Å². The number of para-hydroxylation sites is 1. The Kier molecular flexibility index (Phi) is 3.68. The maximum atomic E-state index is 11.8. The third kappa shape index (κ3) is 2.70. The fraction of sp³-hybridized carbons (Fsp3) is 0.417. The van der Waals surface area contributed by atoms with Crippen LogP contribution in [0, 0.1) is 0 Å². The Morgan fingerprint density at radius 1 is 1.33 bits per heavy atom. The first-order chi connectivity index (χ1) is 8.53. The fourth-order valence-electron chi connectivity index (χ4n) is 1.98. The lowest BCUT2D eigenvalue weighted by Crippen LogP contribution is -2.37. The molecule has 0 spiro atoms. The number of benzene rings is 1. The summed E-state index contributed by atoms with van der Waals surface area (Å²) < 4.78 is 25.0. The number of rotatable bonds is 5. The van der Waals surface area contributed by atoms with E-state index in [9.17, 15) is 13.2 Å². The zero-order chi connectivity index (χ0) is 13.2. The molecule has 0 fully saturated rings. The summed E-state index contributed by atoms with van der Waals surface area (Å²) in [5.74, 6) is 0.0734. The number of amides is 1. The molecule has 1 aliphatic rings. The molecule has 6 heteroatoms. The van der Waals surface area contributed by atoms with Crippen LogP contribution in [-0.2, 0) is 21.2 Å². The SMILES string of the molecule is CCS(=O)(=O)NCCN1C(=O)Cc2ccccc21. The van der Waals surface area contributed by atoms with Crippen LogP contribution < -0.4 is 9.62 Å². The minimum Gasteiger partial charge on any atom is -0.311 e. The second-order valence-electron chi connectivity index (χ2n) is 4.15. The lowest BCUT2D eigenvalue weighted by atomic mass is 10.2. The lowest BCUT2D eigenvalue weighted by Gasteiger charge is -2.17. The van der Waals surface area contributed by atoms with E-state index < -0.39 is 10.0 Å². The lowest BCUT2D eigenvalue weighted by molar-refractivity contribution is -0.117. The molecule has 1 aliphatic heterocycles. The molecular weight excluding hydrogens is 252 g/mol. The highest BCUT2D eigenvalue weighted by atomic mass is 32.2. The summed E-state index contributed by atoms with van der Waals surface area (Å²) in [5.41, 5.74) is 1.89. The Hall–Kier alpha value is -1.40. The van der Waals surface area contributed by atoms with Gasteiger partial charge in [0.15, 0.2) is 0 Å². The molecule has 0 aromatic heterocycles. The Labute approximate surface area is 107 Å². The Morgan fingerprint density at radius 2 is 2.06 bits per heavy atom. The van der Waals surface area contributed by atoms with Crippen molar-refractivity contribution in [2.24, 2.45) is 0 Å². The van der Waals surface area contributed by atoms with Crippen LogP contribution >= 0.6 is 0 Å². The van der Waals surface area contributed by atoms with Crippen LogP contribution in [0.1, 0.15) is 12.5 Å². The number of nitrogens with one attached hydrogen (secondary N) is 1. The Balaban J connectivity index is 2.01. The van der Waals surface area contributed by atoms with Gasteiger partial charge in [-0.3, -0.25) is 4.79 Å². The first-order valence-corrected chi connectivity index (χ1v) is 7.54. The van der Waals surface area contributed by atoms with Gasteiger partial charge < -0.3 is 4.90 Å². The number of nitrogens with zero attached hydrogens (tertiary/aromatic N) is 1. The molecule has 1 aromatic rings. The van der Waals surface area contributed by atoms with Crippen LogP contribution in [0.15, 0.2) is 24.3 Å². The van der Waals surface area contributed by atoms with Crippen LogP contribution in [0.25, 0.3) is 0 Å². The van der Waals surface area contributed by atoms with E-state index in [-0.39, 0.29) is 18.2 Å². The van der Waals surface area contributed by atoms with Crippen molar-refractivity contribution in [3.63, 3.8) is 0 Å². The van der Waals surface area contributed by atoms with Gasteiger partial charge in [-0.25, -0.2) is 13.1 Å². The zero-order valence-electron chi connectivity index (χ0n) is 10.2. The molecule has 5 nitrogen and oxygen atoms in total. The Morgan fingerprint density at radius 3 is 2.78 bits per heavy atom. The second-order valence-corrected chi connectivity index (χ2v) is 6.24. The number of hydrogen-bond acceptors (Lipinski definition) is 3. The average molecular weight is 268 g/mol. The molecule has 0 radical (unpaired) electrons. The Bertz CT molecular complexity index is 554. The van der Waals surface area contributed by atoms with Crippen molar-refractivity contribution >= 4 is 21.6 Å². The maximum absolute atomic E-state index is 11.8. The summed E-state index contributed by atoms with van der Waals surface area (Å²) >= 11 is 0. The van der Waals surface area contributed by atoms with Gasteiger partial charge in [-0.05, 0) is 18.6 Å². The van der Waals surface area contributed by atoms with Crippen molar-refractivity contribution in [2.75, 3.05) is 23.7 Å². The number of carbonyl (C=O) groups excluding carboxylic acids is 1. The van der Waals surface area contributed by atoms with Crippen LogP contribution in [0.3, 0.4) is 0 Å². The molecule has 0 unspecified atom stereocenters. The maximum Gasteiger partial charge on any atom is 0.231 e. The predicted octanol–water partition coefficient (Wildman–Crippen LogP) is 0.515. The molecule has 18 heavy (non-hydrogen) atoms. The number of hydrogen-bond donors (Lipinski definition) is 1. The van der Waals surface area contributed by atoms with E-state index in [1.54, 1.807) is 11.8 Å². The minimum atomic E-state index is -3.19. The summed E-state index contributed by atoms with van der Waals surface area (Å²) in [7, 11) is -3.19. The summed E-state index contributed by atoms with van der Waals surface area (Å²) in [4.78, 5) is 13.4. The molecule has 98 valence electrons. The van der Waals surface area contributed by atoms with Crippen molar-refractivity contribution < 1.29 is 13.2 Å². The van der Waals surface area contributed by atoms with Gasteiger partial charge in [-0.15, -0.1) is 0 Å². The van der Waals surface area contributed by atoms with Gasteiger partial charge in [0.2, 0.25) is 15.9 Å². The fourth-order valence-corrected chi connectivity index (χ4v) is 2.58. The van der Waals surface area contributed by atoms with E-state index in [1.165, 1.54) is 0 Å². The molecular formula is C12H16N2O3S. The third-order valence-corrected chi connectivity index (χ3v) is 4.37. The first-order valence-electron chi connectivity index (χ1n) is 5.89. The van der Waals surface area contributed by atoms with Gasteiger partial charge in [0.05, 0.1) is 12.2 Å². The molecule has 1 amide bonds. The largest absolute Gasteiger partial charge is 0.311 e. The molecule has 1 N–H and O–H groups in total. The monoisotopic (exact) mass is 268 g/mol. The average Bonchev–Trinajstić information content (AvgIpc) is 2.66. The van der Waals surface area contributed by atoms with Gasteiger partial charge in [0.25, 0.3) is 0 Å². The van der Waals surface area contributed by atoms with Gasteiger partial charge in [-0.2, -0.15) is 0 Å². The standard InChI is InChI=1S/C12H16N2O3S/c1-2-18(16,17)13-7-8-14-11-6-4-3-5-10(11)9-12(14)15/h3-6,13H,2,7-9H2,1H3. The number of sulfonamides is 1. The van der Waals surface area contributed by atoms with Crippen LogP contribution in [-0.4, -0.2) is 33.2 Å². The van der Waals surface area contributed by atoms with Crippen molar-refractivity contribution in [3.8, 4) is 0 Å². The summed E-state index contributed by atoms with van der Waals surface area (Å²) in [6.45, 7) is 2.20. The van der Waals surface area contributed by atoms with Gasteiger partial charge >= 0.3 is 0 Å². The van der Waals surface area contributed by atoms with Crippen molar-refractivity contribution in [2.45, 2.75) is 13.3 Å². The van der Waals surface area contributed by atoms with E-state index in [0.29, 0.717) is 13.0 Å². The topological polar surface area (TPSA) is 66.5 Å². The number of carbonyl (C=O) groups is 1. The molecule has 0 aliphatic carbocycles. The third-order valence-electron chi connectivity index (χ3n) is 2.96. The highest BCUT2D eigenvalue weighted by molar-refractivity contribution is 7.89. The molecule has 1 aromatic carbocycles. The number of anilines is 1. The van der Waals surface area contributed by atoms with E-state index in [0.717, 1.165) is 11.3 Å². The molecule has 0 saturated heterocycles. The van der Waals surface area contributed by atoms with Gasteiger partial charge in [0.1, 0.15) is 0 Å². The normalized spacial score (nSPS) is 14.9. The number of fused-ring (bicyclic) bond motifs is 1. The van der Waals surface area contributed by atoms with Gasteiger partial charge in [0, 0.05) is 18.8 Å². The molecule has 0 saturated carbocycles. The van der Waals surface area contributed by atoms with E-state index in [4.69, 9.17) is 0 Å². The summed E-state index contributed by atoms with van der Waals surface area (Å²) in [6.07, 6.45) is 0.400.